The predicted molar refractivity (Wildman–Crippen MR) is 95.2 cm³/mol. The van der Waals surface area contributed by atoms with Crippen LogP contribution in [0.1, 0.15) is 18.6 Å². The summed E-state index contributed by atoms with van der Waals surface area (Å²) in [5, 5.41) is 13.9. The van der Waals surface area contributed by atoms with Gasteiger partial charge in [-0.1, -0.05) is 6.07 Å². The van der Waals surface area contributed by atoms with E-state index in [9.17, 15) is 19.5 Å². The van der Waals surface area contributed by atoms with Crippen molar-refractivity contribution in [1.29, 1.82) is 0 Å². The normalized spacial score (nSPS) is 16.3. The van der Waals surface area contributed by atoms with Gasteiger partial charge < -0.3 is 19.9 Å². The molecule has 0 aliphatic carbocycles. The number of fused-ring (bicyclic) bond motifs is 1. The number of hydrogen-bond acceptors (Lipinski definition) is 4. The second-order valence-electron chi connectivity index (χ2n) is 6.29. The molecule has 1 fully saturated rings. The predicted octanol–water partition coefficient (Wildman–Crippen LogP) is 0.612. The van der Waals surface area contributed by atoms with Crippen molar-refractivity contribution in [2.75, 3.05) is 26.2 Å². The molecule has 1 aromatic carbocycles. The van der Waals surface area contributed by atoms with Gasteiger partial charge in [-0.25, -0.2) is 4.79 Å². The minimum Gasteiger partial charge on any atom is -0.387 e. The summed E-state index contributed by atoms with van der Waals surface area (Å²) in [6, 6.07) is 6.84. The van der Waals surface area contributed by atoms with Gasteiger partial charge in [-0.05, 0) is 36.1 Å². The molecule has 1 saturated heterocycles. The number of nitrogens with zero attached hydrogens (tertiary/aromatic N) is 3. The second kappa shape index (κ2) is 7.17. The van der Waals surface area contributed by atoms with E-state index in [4.69, 9.17) is 0 Å². The molecule has 0 bridgehead atoms. The highest BCUT2D eigenvalue weighted by Gasteiger charge is 2.35. The number of nitrogens with one attached hydrogen (secondary N) is 1. The lowest BCUT2D eigenvalue weighted by atomic mass is 10.1. The first-order valence-corrected chi connectivity index (χ1v) is 8.54. The molecule has 2 aromatic rings. The van der Waals surface area contributed by atoms with Gasteiger partial charge in [-0.15, -0.1) is 0 Å². The Morgan fingerprint density at radius 1 is 1.23 bits per heavy atom. The second-order valence-corrected chi connectivity index (χ2v) is 6.29. The Hall–Kier alpha value is -2.87. The molecule has 0 spiro atoms. The summed E-state index contributed by atoms with van der Waals surface area (Å²) in [4.78, 5) is 38.4. The fourth-order valence-corrected chi connectivity index (χ4v) is 3.07. The molecule has 8 heteroatoms. The van der Waals surface area contributed by atoms with Crippen molar-refractivity contribution in [3.8, 4) is 0 Å². The van der Waals surface area contributed by atoms with E-state index in [2.05, 4.69) is 5.32 Å². The van der Waals surface area contributed by atoms with Crippen molar-refractivity contribution >= 4 is 28.7 Å². The van der Waals surface area contributed by atoms with Crippen LogP contribution < -0.4 is 5.32 Å². The average molecular weight is 358 g/mol. The lowest BCUT2D eigenvalue weighted by molar-refractivity contribution is -0.153. The molecule has 138 valence electrons. The van der Waals surface area contributed by atoms with E-state index in [1.165, 1.54) is 4.90 Å². The lowest BCUT2D eigenvalue weighted by Gasteiger charge is -2.31. The van der Waals surface area contributed by atoms with Crippen LogP contribution in [0.5, 0.6) is 0 Å². The zero-order valence-electron chi connectivity index (χ0n) is 14.8. The van der Waals surface area contributed by atoms with Crippen molar-refractivity contribution in [2.45, 2.75) is 13.0 Å². The van der Waals surface area contributed by atoms with Gasteiger partial charge >= 0.3 is 17.8 Å². The van der Waals surface area contributed by atoms with Crippen molar-refractivity contribution < 1.29 is 19.5 Å². The Balaban J connectivity index is 1.61. The monoisotopic (exact) mass is 358 g/mol. The highest BCUT2D eigenvalue weighted by Crippen LogP contribution is 2.20. The van der Waals surface area contributed by atoms with Gasteiger partial charge in [-0.3, -0.25) is 14.5 Å². The third-order valence-electron chi connectivity index (χ3n) is 4.68. The van der Waals surface area contributed by atoms with E-state index in [0.717, 1.165) is 15.8 Å². The number of likely N-dealkylation sites (N-methyl/N-ethyl adjacent to an activating group) is 1. The molecule has 2 heterocycles. The standard InChI is InChI=1S/C18H22N4O4/c1-3-21-8-9-22(17(25)16(21)24)18(26)19-11-15(23)13-4-5-14-12(10-13)6-7-20(14)2/h4-7,10,15,23H,3,8-9,11H2,1-2H3,(H,19,26)/t15-/m0/s1. The van der Waals surface area contributed by atoms with E-state index in [1.807, 2.05) is 36.0 Å². The first kappa shape index (κ1) is 17.9. The van der Waals surface area contributed by atoms with Crippen molar-refractivity contribution in [3.05, 3.63) is 36.0 Å². The topological polar surface area (TPSA) is 94.9 Å². The molecule has 0 saturated carbocycles. The minimum atomic E-state index is -0.911. The molecule has 2 N–H and O–H groups in total. The Morgan fingerprint density at radius 3 is 2.73 bits per heavy atom. The number of hydrogen-bond donors (Lipinski definition) is 2. The largest absolute Gasteiger partial charge is 0.387 e. The number of imide groups is 1. The zero-order valence-corrected chi connectivity index (χ0v) is 14.8. The number of aryl methyl sites for hydroxylation is 1. The van der Waals surface area contributed by atoms with Gasteiger partial charge in [0.15, 0.2) is 0 Å². The van der Waals surface area contributed by atoms with Gasteiger partial charge in [0.25, 0.3) is 0 Å². The number of rotatable bonds is 4. The third kappa shape index (κ3) is 3.28. The Morgan fingerprint density at radius 2 is 2.00 bits per heavy atom. The molecule has 1 aliphatic heterocycles. The van der Waals surface area contributed by atoms with E-state index in [-0.39, 0.29) is 13.1 Å². The molecule has 26 heavy (non-hydrogen) atoms. The summed E-state index contributed by atoms with van der Waals surface area (Å²) < 4.78 is 1.98. The third-order valence-corrected chi connectivity index (χ3v) is 4.68. The number of aliphatic hydroxyl groups excluding tert-OH is 1. The highest BCUT2D eigenvalue weighted by molar-refractivity contribution is 6.38. The van der Waals surface area contributed by atoms with Crippen LogP contribution in [0.3, 0.4) is 0 Å². The lowest BCUT2D eigenvalue weighted by Crippen LogP contribution is -2.58. The first-order chi connectivity index (χ1) is 12.4. The number of aromatic nitrogens is 1. The summed E-state index contributed by atoms with van der Waals surface area (Å²) in [7, 11) is 1.94. The van der Waals surface area contributed by atoms with Gasteiger partial charge in [0.2, 0.25) is 0 Å². The maximum absolute atomic E-state index is 12.2. The van der Waals surface area contributed by atoms with Crippen LogP contribution in [0, 0.1) is 0 Å². The molecule has 1 aromatic heterocycles. The molecule has 3 rings (SSSR count). The zero-order chi connectivity index (χ0) is 18.8. The van der Waals surface area contributed by atoms with Crippen LogP contribution in [-0.4, -0.2) is 63.5 Å². The van der Waals surface area contributed by atoms with Crippen LogP contribution in [0.2, 0.25) is 0 Å². The number of carbonyl (C=O) groups is 3. The van der Waals surface area contributed by atoms with Gasteiger partial charge in [0.05, 0.1) is 6.10 Å². The molecular formula is C18H22N4O4. The van der Waals surface area contributed by atoms with Crippen LogP contribution in [0.25, 0.3) is 10.9 Å². The highest BCUT2D eigenvalue weighted by atomic mass is 16.3. The van der Waals surface area contributed by atoms with Crippen LogP contribution in [-0.2, 0) is 16.6 Å². The van der Waals surface area contributed by atoms with Crippen LogP contribution >= 0.6 is 0 Å². The average Bonchev–Trinajstić information content (AvgIpc) is 3.02. The summed E-state index contributed by atoms with van der Waals surface area (Å²) in [6.07, 6.45) is 1.02. The quantitative estimate of drug-likeness (QED) is 0.783. The Labute approximate surface area is 151 Å². The molecule has 0 radical (unpaired) electrons. The van der Waals surface area contributed by atoms with Crippen LogP contribution in [0.15, 0.2) is 30.5 Å². The summed E-state index contributed by atoms with van der Waals surface area (Å²) in [5.74, 6) is -1.51. The van der Waals surface area contributed by atoms with E-state index in [1.54, 1.807) is 13.0 Å². The number of piperazine rings is 1. The first-order valence-electron chi connectivity index (χ1n) is 8.54. The molecule has 0 unspecified atom stereocenters. The summed E-state index contributed by atoms with van der Waals surface area (Å²) in [5.41, 5.74) is 1.71. The van der Waals surface area contributed by atoms with Gasteiger partial charge in [-0.2, -0.15) is 0 Å². The fourth-order valence-electron chi connectivity index (χ4n) is 3.07. The molecule has 8 nitrogen and oxygen atoms in total. The maximum Gasteiger partial charge on any atom is 0.324 e. The summed E-state index contributed by atoms with van der Waals surface area (Å²) in [6.45, 7) is 2.63. The van der Waals surface area contributed by atoms with E-state index < -0.39 is 23.9 Å². The maximum atomic E-state index is 12.2. The molecule has 1 atom stereocenters. The summed E-state index contributed by atoms with van der Waals surface area (Å²) >= 11 is 0. The van der Waals surface area contributed by atoms with Crippen LogP contribution in [0.4, 0.5) is 4.79 Å². The molecular weight excluding hydrogens is 336 g/mol. The number of carbonyl (C=O) groups excluding carboxylic acids is 3. The number of aliphatic hydroxyl groups is 1. The number of urea groups is 1. The van der Waals surface area contributed by atoms with Gasteiger partial charge in [0.1, 0.15) is 0 Å². The number of amides is 4. The SMILES string of the molecule is CCN1CCN(C(=O)NC[C@H](O)c2ccc3c(ccn3C)c2)C(=O)C1=O. The molecule has 4 amide bonds. The fraction of sp³-hybridized carbons (Fsp3) is 0.389. The Kier molecular flexibility index (Phi) is 4.94. The van der Waals surface area contributed by atoms with E-state index >= 15 is 0 Å². The minimum absolute atomic E-state index is 0.0490. The van der Waals surface area contributed by atoms with Crippen molar-refractivity contribution in [3.63, 3.8) is 0 Å². The Bertz CT molecular complexity index is 860. The van der Waals surface area contributed by atoms with Gasteiger partial charge in [0, 0.05) is 44.9 Å². The smallest absolute Gasteiger partial charge is 0.324 e. The number of benzene rings is 1. The van der Waals surface area contributed by atoms with Crippen molar-refractivity contribution in [1.82, 2.24) is 19.7 Å². The van der Waals surface area contributed by atoms with E-state index in [0.29, 0.717) is 18.7 Å². The van der Waals surface area contributed by atoms with Crippen molar-refractivity contribution in [2.24, 2.45) is 7.05 Å². The molecule has 1 aliphatic rings.